The molecular weight excluding hydrogens is 226 g/mol. The molecule has 0 radical (unpaired) electrons. The van der Waals surface area contributed by atoms with Crippen LogP contribution >= 0.6 is 0 Å². The lowest BCUT2D eigenvalue weighted by atomic mass is 9.98. The molecule has 0 bridgehead atoms. The Hall–Kier alpha value is -0.610. The first-order valence-electron chi connectivity index (χ1n) is 7.48. The summed E-state index contributed by atoms with van der Waals surface area (Å²) >= 11 is 0. The van der Waals surface area contributed by atoms with E-state index < -0.39 is 0 Å². The third-order valence-electron chi connectivity index (χ3n) is 3.85. The molecule has 4 nitrogen and oxygen atoms in total. The van der Waals surface area contributed by atoms with E-state index in [0.29, 0.717) is 12.1 Å². The molecular formula is C14H29N3O. The summed E-state index contributed by atoms with van der Waals surface area (Å²) in [6, 6.07) is 0.988. The van der Waals surface area contributed by atoms with Gasteiger partial charge in [-0.25, -0.2) is 0 Å². The van der Waals surface area contributed by atoms with E-state index in [4.69, 9.17) is 0 Å². The van der Waals surface area contributed by atoms with Gasteiger partial charge in [0.2, 0.25) is 5.91 Å². The highest BCUT2D eigenvalue weighted by molar-refractivity contribution is 5.79. The van der Waals surface area contributed by atoms with Gasteiger partial charge in [0.1, 0.15) is 0 Å². The molecule has 1 heterocycles. The maximum atomic E-state index is 12.0. The van der Waals surface area contributed by atoms with Crippen molar-refractivity contribution in [3.8, 4) is 0 Å². The molecule has 3 unspecified atom stereocenters. The number of carbonyl (C=O) groups excluding carboxylic acids is 1. The fourth-order valence-corrected chi connectivity index (χ4v) is 2.77. The lowest BCUT2D eigenvalue weighted by Gasteiger charge is -2.24. The Labute approximate surface area is 111 Å². The second-order valence-electron chi connectivity index (χ2n) is 5.05. The molecule has 1 aliphatic heterocycles. The Balaban J connectivity index is 0.000000771. The number of carbonyl (C=O) groups is 1. The van der Waals surface area contributed by atoms with Gasteiger partial charge in [0.05, 0.1) is 5.92 Å². The first-order valence-corrected chi connectivity index (χ1v) is 7.48. The molecule has 1 amide bonds. The fourth-order valence-electron chi connectivity index (χ4n) is 2.77. The van der Waals surface area contributed by atoms with Gasteiger partial charge in [-0.2, -0.15) is 0 Å². The smallest absolute Gasteiger partial charge is 0.224 e. The number of piperidine rings is 1. The fraction of sp³-hybridized carbons (Fsp3) is 0.929. The Kier molecular flexibility index (Phi) is 7.28. The SMILES string of the molecule is CC.CNC1CCC(NC(=O)C2CCCNC2)C1. The van der Waals surface area contributed by atoms with E-state index in [1.54, 1.807) is 0 Å². The lowest BCUT2D eigenvalue weighted by Crippen LogP contribution is -2.44. The quantitative estimate of drug-likeness (QED) is 0.712. The second kappa shape index (κ2) is 8.48. The first-order chi connectivity index (χ1) is 8.79. The van der Waals surface area contributed by atoms with Crippen LogP contribution in [0.5, 0.6) is 0 Å². The van der Waals surface area contributed by atoms with Crippen molar-refractivity contribution in [1.29, 1.82) is 0 Å². The van der Waals surface area contributed by atoms with Gasteiger partial charge < -0.3 is 16.0 Å². The number of rotatable bonds is 3. The Morgan fingerprint density at radius 1 is 1.17 bits per heavy atom. The lowest BCUT2D eigenvalue weighted by molar-refractivity contribution is -0.126. The van der Waals surface area contributed by atoms with Crippen LogP contribution in [0.15, 0.2) is 0 Å². The average Bonchev–Trinajstić information content (AvgIpc) is 2.89. The highest BCUT2D eigenvalue weighted by atomic mass is 16.2. The summed E-state index contributed by atoms with van der Waals surface area (Å²) in [7, 11) is 2.00. The third-order valence-corrected chi connectivity index (χ3v) is 3.85. The van der Waals surface area contributed by atoms with Crippen molar-refractivity contribution in [1.82, 2.24) is 16.0 Å². The predicted octanol–water partition coefficient (Wildman–Crippen LogP) is 1.27. The van der Waals surface area contributed by atoms with Gasteiger partial charge in [0.25, 0.3) is 0 Å². The monoisotopic (exact) mass is 255 g/mol. The van der Waals surface area contributed by atoms with Crippen LogP contribution in [0.4, 0.5) is 0 Å². The van der Waals surface area contributed by atoms with Crippen LogP contribution in [0.1, 0.15) is 46.0 Å². The minimum atomic E-state index is 0.197. The van der Waals surface area contributed by atoms with E-state index in [0.717, 1.165) is 38.8 Å². The molecule has 3 N–H and O–H groups in total. The molecule has 1 saturated carbocycles. The van der Waals surface area contributed by atoms with E-state index in [9.17, 15) is 4.79 Å². The molecule has 2 rings (SSSR count). The molecule has 1 aliphatic carbocycles. The molecule has 2 aliphatic rings. The van der Waals surface area contributed by atoms with E-state index in [1.807, 2.05) is 20.9 Å². The number of hydrogen-bond donors (Lipinski definition) is 3. The van der Waals surface area contributed by atoms with Gasteiger partial charge in [-0.1, -0.05) is 13.8 Å². The zero-order valence-electron chi connectivity index (χ0n) is 12.1. The summed E-state index contributed by atoms with van der Waals surface area (Å²) in [6.07, 6.45) is 5.56. The molecule has 106 valence electrons. The zero-order valence-corrected chi connectivity index (χ0v) is 12.1. The highest BCUT2D eigenvalue weighted by Gasteiger charge is 2.27. The number of nitrogens with one attached hydrogen (secondary N) is 3. The Morgan fingerprint density at radius 3 is 2.44 bits per heavy atom. The van der Waals surface area contributed by atoms with Crippen LogP contribution in [0, 0.1) is 5.92 Å². The normalized spacial score (nSPS) is 31.4. The molecule has 0 aromatic rings. The average molecular weight is 255 g/mol. The number of hydrogen-bond acceptors (Lipinski definition) is 3. The molecule has 2 fully saturated rings. The predicted molar refractivity (Wildman–Crippen MR) is 75.6 cm³/mol. The minimum Gasteiger partial charge on any atom is -0.353 e. The van der Waals surface area contributed by atoms with Crippen molar-refractivity contribution >= 4 is 5.91 Å². The summed E-state index contributed by atoms with van der Waals surface area (Å²) in [4.78, 5) is 12.0. The summed E-state index contributed by atoms with van der Waals surface area (Å²) < 4.78 is 0. The van der Waals surface area contributed by atoms with Crippen molar-refractivity contribution in [2.45, 2.75) is 58.0 Å². The van der Waals surface area contributed by atoms with E-state index in [1.165, 1.54) is 6.42 Å². The molecule has 18 heavy (non-hydrogen) atoms. The summed E-state index contributed by atoms with van der Waals surface area (Å²) in [5, 5.41) is 9.76. The molecule has 4 heteroatoms. The zero-order chi connectivity index (χ0) is 13.4. The molecule has 0 aromatic carbocycles. The Bertz CT molecular complexity index is 239. The summed E-state index contributed by atoms with van der Waals surface area (Å²) in [6.45, 7) is 5.92. The van der Waals surface area contributed by atoms with E-state index >= 15 is 0 Å². The van der Waals surface area contributed by atoms with Crippen molar-refractivity contribution in [3.05, 3.63) is 0 Å². The van der Waals surface area contributed by atoms with Gasteiger partial charge in [-0.15, -0.1) is 0 Å². The minimum absolute atomic E-state index is 0.197. The standard InChI is InChI=1S/C12H23N3O.C2H6/c1-13-10-4-5-11(7-10)15-12(16)9-3-2-6-14-8-9;1-2/h9-11,13-14H,2-8H2,1H3,(H,15,16);1-2H3. The van der Waals surface area contributed by atoms with Gasteiger partial charge in [-0.3, -0.25) is 4.79 Å². The van der Waals surface area contributed by atoms with Gasteiger partial charge in [0, 0.05) is 18.6 Å². The van der Waals surface area contributed by atoms with E-state index in [2.05, 4.69) is 16.0 Å². The Morgan fingerprint density at radius 2 is 1.89 bits per heavy atom. The van der Waals surface area contributed by atoms with Crippen molar-refractivity contribution in [2.24, 2.45) is 5.92 Å². The van der Waals surface area contributed by atoms with Crippen LogP contribution in [0.25, 0.3) is 0 Å². The van der Waals surface area contributed by atoms with Crippen LogP contribution in [0.2, 0.25) is 0 Å². The van der Waals surface area contributed by atoms with Gasteiger partial charge in [-0.05, 0) is 45.7 Å². The summed E-state index contributed by atoms with van der Waals surface area (Å²) in [5.74, 6) is 0.455. The van der Waals surface area contributed by atoms with Crippen LogP contribution < -0.4 is 16.0 Å². The van der Waals surface area contributed by atoms with Crippen LogP contribution in [0.3, 0.4) is 0 Å². The maximum Gasteiger partial charge on any atom is 0.224 e. The van der Waals surface area contributed by atoms with Gasteiger partial charge in [0.15, 0.2) is 0 Å². The topological polar surface area (TPSA) is 53.2 Å². The van der Waals surface area contributed by atoms with Crippen LogP contribution in [-0.4, -0.2) is 38.1 Å². The maximum absolute atomic E-state index is 12.0. The third kappa shape index (κ3) is 4.58. The van der Waals surface area contributed by atoms with Crippen molar-refractivity contribution < 1.29 is 4.79 Å². The van der Waals surface area contributed by atoms with Gasteiger partial charge >= 0.3 is 0 Å². The highest BCUT2D eigenvalue weighted by Crippen LogP contribution is 2.20. The summed E-state index contributed by atoms with van der Waals surface area (Å²) in [5.41, 5.74) is 0. The van der Waals surface area contributed by atoms with Crippen LogP contribution in [-0.2, 0) is 4.79 Å². The van der Waals surface area contributed by atoms with Crippen molar-refractivity contribution in [2.75, 3.05) is 20.1 Å². The molecule has 3 atom stereocenters. The molecule has 0 spiro atoms. The first kappa shape index (κ1) is 15.4. The van der Waals surface area contributed by atoms with Crippen molar-refractivity contribution in [3.63, 3.8) is 0 Å². The number of amides is 1. The molecule has 1 saturated heterocycles. The van der Waals surface area contributed by atoms with E-state index in [-0.39, 0.29) is 11.8 Å². The largest absolute Gasteiger partial charge is 0.353 e. The second-order valence-corrected chi connectivity index (χ2v) is 5.05. The molecule has 0 aromatic heterocycles.